The van der Waals surface area contributed by atoms with Crippen LogP contribution in [-0.2, 0) is 0 Å². The number of thiophene rings is 1. The van der Waals surface area contributed by atoms with Crippen molar-refractivity contribution in [1.82, 2.24) is 0 Å². The number of nitro benzene ring substituents is 1. The molecule has 0 saturated heterocycles. The number of nitrogens with zero attached hydrogens (tertiary/aromatic N) is 2. The Balaban J connectivity index is 2.22. The molecule has 0 aliphatic carbocycles. The van der Waals surface area contributed by atoms with Gasteiger partial charge in [0.1, 0.15) is 0 Å². The van der Waals surface area contributed by atoms with E-state index in [4.69, 9.17) is 0 Å². The van der Waals surface area contributed by atoms with E-state index >= 15 is 0 Å². The van der Waals surface area contributed by atoms with Gasteiger partial charge in [-0.3, -0.25) is 10.1 Å². The molecule has 0 saturated carbocycles. The molecule has 7 heteroatoms. The summed E-state index contributed by atoms with van der Waals surface area (Å²) in [6, 6.07) is 7.73. The number of hydrogen-bond donors (Lipinski definition) is 0. The van der Waals surface area contributed by atoms with E-state index < -0.39 is 16.4 Å². The van der Waals surface area contributed by atoms with Crippen molar-refractivity contribution in [3.63, 3.8) is 0 Å². The van der Waals surface area contributed by atoms with Crippen LogP contribution in [0.5, 0.6) is 0 Å². The fourth-order valence-electron chi connectivity index (χ4n) is 1.34. The molecule has 1 aromatic heterocycles. The van der Waals surface area contributed by atoms with Gasteiger partial charge in [0.05, 0.1) is 14.8 Å². The van der Waals surface area contributed by atoms with Crippen LogP contribution in [0.3, 0.4) is 0 Å². The molecule has 0 aliphatic heterocycles. The molecule has 18 heavy (non-hydrogen) atoms. The van der Waals surface area contributed by atoms with E-state index in [-0.39, 0.29) is 0 Å². The van der Waals surface area contributed by atoms with Gasteiger partial charge in [-0.05, 0) is 35.5 Å². The molecule has 1 heterocycles. The van der Waals surface area contributed by atoms with E-state index in [0.29, 0.717) is 5.69 Å². The molecule has 0 radical (unpaired) electrons. The number of nitro groups is 1. The summed E-state index contributed by atoms with van der Waals surface area (Å²) in [4.78, 5) is 9.94. The van der Waals surface area contributed by atoms with Crippen LogP contribution in [0, 0.1) is 15.9 Å². The van der Waals surface area contributed by atoms with Crippen LogP contribution >= 0.6 is 23.3 Å². The zero-order valence-electron chi connectivity index (χ0n) is 9.37. The first-order chi connectivity index (χ1) is 8.58. The zero-order valence-corrected chi connectivity index (χ0v) is 11.0. The van der Waals surface area contributed by atoms with E-state index in [2.05, 4.69) is 0 Å². The number of hydrogen-bond acceptors (Lipinski definition) is 5. The van der Waals surface area contributed by atoms with Crippen molar-refractivity contribution in [3.05, 3.63) is 51.6 Å². The zero-order chi connectivity index (χ0) is 13.1. The van der Waals surface area contributed by atoms with Gasteiger partial charge in [0.2, 0.25) is 5.82 Å². The van der Waals surface area contributed by atoms with Crippen molar-refractivity contribution in [2.75, 3.05) is 11.4 Å². The second-order valence-electron chi connectivity index (χ2n) is 3.41. The van der Waals surface area contributed by atoms with Crippen LogP contribution < -0.4 is 4.31 Å². The van der Waals surface area contributed by atoms with E-state index in [0.717, 1.165) is 10.3 Å². The first-order valence-electron chi connectivity index (χ1n) is 4.97. The van der Waals surface area contributed by atoms with Gasteiger partial charge in [0, 0.05) is 13.1 Å². The first-order valence-corrected chi connectivity index (χ1v) is 6.62. The summed E-state index contributed by atoms with van der Waals surface area (Å²) < 4.78 is 16.0. The van der Waals surface area contributed by atoms with Crippen LogP contribution in [-0.4, -0.2) is 12.0 Å². The summed E-state index contributed by atoms with van der Waals surface area (Å²) in [6.07, 6.45) is 0. The Kier molecular flexibility index (Phi) is 3.83. The maximum atomic E-state index is 13.2. The molecule has 94 valence electrons. The highest BCUT2D eigenvalue weighted by molar-refractivity contribution is 8.02. The summed E-state index contributed by atoms with van der Waals surface area (Å²) >= 11 is 3.01. The number of rotatable bonds is 4. The monoisotopic (exact) mass is 284 g/mol. The van der Waals surface area contributed by atoms with Crippen LogP contribution in [0.4, 0.5) is 15.8 Å². The largest absolute Gasteiger partial charge is 0.314 e. The Hall–Kier alpha value is -1.60. The van der Waals surface area contributed by atoms with Gasteiger partial charge in [0.15, 0.2) is 0 Å². The lowest BCUT2D eigenvalue weighted by molar-refractivity contribution is -0.387. The minimum absolute atomic E-state index is 0.508. The lowest BCUT2D eigenvalue weighted by Crippen LogP contribution is -2.06. The molecule has 4 nitrogen and oxygen atoms in total. The van der Waals surface area contributed by atoms with E-state index in [1.54, 1.807) is 22.7 Å². The van der Waals surface area contributed by atoms with Crippen molar-refractivity contribution in [2.24, 2.45) is 0 Å². The molecule has 0 unspecified atom stereocenters. The molecule has 0 N–H and O–H groups in total. The molecule has 0 atom stereocenters. The maximum absolute atomic E-state index is 13.2. The Morgan fingerprint density at radius 1 is 1.44 bits per heavy atom. The normalized spacial score (nSPS) is 10.3. The van der Waals surface area contributed by atoms with E-state index in [1.807, 2.05) is 17.5 Å². The molecule has 0 aliphatic rings. The average Bonchev–Trinajstić information content (AvgIpc) is 2.81. The highest BCUT2D eigenvalue weighted by Gasteiger charge is 2.16. The smallest absolute Gasteiger partial charge is 0.306 e. The third-order valence-electron chi connectivity index (χ3n) is 2.21. The minimum atomic E-state index is -0.821. The SMILES string of the molecule is CN(Sc1cccs1)c1ccc(F)c([N+](=O)[O-])c1. The first kappa shape index (κ1) is 12.8. The Bertz CT molecular complexity index is 560. The molecule has 0 fully saturated rings. The highest BCUT2D eigenvalue weighted by Crippen LogP contribution is 2.32. The maximum Gasteiger partial charge on any atom is 0.306 e. The predicted octanol–water partition coefficient (Wildman–Crippen LogP) is 3.94. The fraction of sp³-hybridized carbons (Fsp3) is 0.0909. The third-order valence-corrected chi connectivity index (χ3v) is 4.19. The molecule has 0 bridgehead atoms. The van der Waals surface area contributed by atoms with Gasteiger partial charge in [-0.25, -0.2) is 0 Å². The van der Waals surface area contributed by atoms with E-state index in [9.17, 15) is 14.5 Å². The Labute approximate surface area is 111 Å². The predicted molar refractivity (Wildman–Crippen MR) is 71.6 cm³/mol. The molecule has 1 aromatic carbocycles. The highest BCUT2D eigenvalue weighted by atomic mass is 32.2. The lowest BCUT2D eigenvalue weighted by atomic mass is 10.2. The van der Waals surface area contributed by atoms with Crippen LogP contribution in [0.15, 0.2) is 39.9 Å². The molecular weight excluding hydrogens is 275 g/mol. The Morgan fingerprint density at radius 2 is 2.22 bits per heavy atom. The van der Waals surface area contributed by atoms with Crippen molar-refractivity contribution in [3.8, 4) is 0 Å². The van der Waals surface area contributed by atoms with Gasteiger partial charge in [-0.15, -0.1) is 11.3 Å². The lowest BCUT2D eigenvalue weighted by Gasteiger charge is -2.16. The van der Waals surface area contributed by atoms with Crippen LogP contribution in [0.25, 0.3) is 0 Å². The van der Waals surface area contributed by atoms with Gasteiger partial charge in [-0.2, -0.15) is 4.39 Å². The van der Waals surface area contributed by atoms with Gasteiger partial charge < -0.3 is 4.31 Å². The fourth-order valence-corrected chi connectivity index (χ4v) is 3.09. The van der Waals surface area contributed by atoms with Gasteiger partial charge >= 0.3 is 5.69 Å². The van der Waals surface area contributed by atoms with Crippen LogP contribution in [0.2, 0.25) is 0 Å². The van der Waals surface area contributed by atoms with Crippen molar-refractivity contribution >= 4 is 34.7 Å². The van der Waals surface area contributed by atoms with E-state index in [1.165, 1.54) is 24.1 Å². The summed E-state index contributed by atoms with van der Waals surface area (Å²) in [6.45, 7) is 0. The second-order valence-corrected chi connectivity index (χ2v) is 5.79. The molecular formula is C11H9FN2O2S2. The number of anilines is 1. The Morgan fingerprint density at radius 3 is 2.83 bits per heavy atom. The molecule has 0 amide bonds. The summed E-state index contributed by atoms with van der Waals surface area (Å²) in [5, 5.41) is 12.6. The second kappa shape index (κ2) is 5.36. The minimum Gasteiger partial charge on any atom is -0.314 e. The molecule has 2 aromatic rings. The van der Waals surface area contributed by atoms with Gasteiger partial charge in [-0.1, -0.05) is 6.07 Å². The van der Waals surface area contributed by atoms with Gasteiger partial charge in [0.25, 0.3) is 0 Å². The number of halogens is 1. The third kappa shape index (κ3) is 2.80. The van der Waals surface area contributed by atoms with Crippen molar-refractivity contribution in [2.45, 2.75) is 4.21 Å². The van der Waals surface area contributed by atoms with Crippen molar-refractivity contribution in [1.29, 1.82) is 0 Å². The topological polar surface area (TPSA) is 46.4 Å². The summed E-state index contributed by atoms with van der Waals surface area (Å²) in [5.74, 6) is -0.821. The summed E-state index contributed by atoms with van der Waals surface area (Å²) in [7, 11) is 1.78. The summed E-state index contributed by atoms with van der Waals surface area (Å²) in [5.41, 5.74) is 0.0765. The molecule has 2 rings (SSSR count). The quantitative estimate of drug-likeness (QED) is 0.484. The van der Waals surface area contributed by atoms with Crippen molar-refractivity contribution < 1.29 is 9.31 Å². The number of benzene rings is 1. The standard InChI is InChI=1S/C11H9FN2O2S2/c1-13(18-11-3-2-6-17-11)8-4-5-9(12)10(7-8)14(15)16/h2-7H,1H3. The van der Waals surface area contributed by atoms with Crippen LogP contribution in [0.1, 0.15) is 0 Å². The molecule has 0 spiro atoms. The average molecular weight is 284 g/mol.